The molecule has 34 heavy (non-hydrogen) atoms. The lowest BCUT2D eigenvalue weighted by Crippen LogP contribution is -2.25. The zero-order valence-electron chi connectivity index (χ0n) is 18.0. The van der Waals surface area contributed by atoms with Gasteiger partial charge in [-0.15, -0.1) is 0 Å². The fraction of sp³-hybridized carbons (Fsp3) is 0.273. The molecule has 0 aliphatic rings. The topological polar surface area (TPSA) is 102 Å². The van der Waals surface area contributed by atoms with Crippen molar-refractivity contribution in [1.29, 1.82) is 0 Å². The molecule has 2 N–H and O–H groups in total. The van der Waals surface area contributed by atoms with Crippen molar-refractivity contribution in [1.82, 2.24) is 15.1 Å². The number of halogens is 3. The number of alkyl halides is 3. The summed E-state index contributed by atoms with van der Waals surface area (Å²) in [6.07, 6.45) is -3.47. The SMILES string of the molecule is CCOC(=O)c1cnn(-c2ccc(NC(=O)CCCNC(=O)c3ccsc3)cc2)c1C(F)(F)F. The van der Waals surface area contributed by atoms with Crippen molar-refractivity contribution < 1.29 is 32.3 Å². The molecule has 12 heteroatoms. The number of anilines is 1. The van der Waals surface area contributed by atoms with Crippen LogP contribution in [0.15, 0.2) is 47.3 Å². The maximum Gasteiger partial charge on any atom is 0.434 e. The second-order valence-corrected chi connectivity index (χ2v) is 7.78. The van der Waals surface area contributed by atoms with E-state index in [4.69, 9.17) is 0 Å². The Labute approximate surface area is 196 Å². The Morgan fingerprint density at radius 3 is 2.50 bits per heavy atom. The van der Waals surface area contributed by atoms with Crippen molar-refractivity contribution in [3.63, 3.8) is 0 Å². The van der Waals surface area contributed by atoms with Crippen molar-refractivity contribution in [3.05, 3.63) is 64.1 Å². The van der Waals surface area contributed by atoms with Crippen LogP contribution in [0.1, 0.15) is 46.2 Å². The van der Waals surface area contributed by atoms with Gasteiger partial charge in [-0.2, -0.15) is 29.6 Å². The Morgan fingerprint density at radius 2 is 1.88 bits per heavy atom. The molecule has 0 aliphatic heterocycles. The normalized spacial score (nSPS) is 11.2. The van der Waals surface area contributed by atoms with E-state index in [-0.39, 0.29) is 30.5 Å². The van der Waals surface area contributed by atoms with E-state index in [2.05, 4.69) is 20.5 Å². The quantitative estimate of drug-likeness (QED) is 0.342. The van der Waals surface area contributed by atoms with Gasteiger partial charge in [0.15, 0.2) is 5.69 Å². The molecule has 0 spiro atoms. The van der Waals surface area contributed by atoms with E-state index in [1.165, 1.54) is 42.5 Å². The van der Waals surface area contributed by atoms with Crippen LogP contribution >= 0.6 is 11.3 Å². The summed E-state index contributed by atoms with van der Waals surface area (Å²) < 4.78 is 46.1. The summed E-state index contributed by atoms with van der Waals surface area (Å²) in [5.74, 6) is -1.63. The zero-order valence-corrected chi connectivity index (χ0v) is 18.8. The molecule has 0 radical (unpaired) electrons. The number of hydrogen-bond acceptors (Lipinski definition) is 6. The fourth-order valence-corrected chi connectivity index (χ4v) is 3.67. The van der Waals surface area contributed by atoms with E-state index in [1.54, 1.807) is 16.8 Å². The van der Waals surface area contributed by atoms with Gasteiger partial charge >= 0.3 is 12.1 Å². The summed E-state index contributed by atoms with van der Waals surface area (Å²) in [6, 6.07) is 7.24. The smallest absolute Gasteiger partial charge is 0.434 e. The third kappa shape index (κ3) is 6.22. The number of rotatable bonds is 9. The maximum atomic E-state index is 13.6. The Morgan fingerprint density at radius 1 is 1.15 bits per heavy atom. The molecule has 180 valence electrons. The molecule has 0 saturated carbocycles. The number of carbonyl (C=O) groups excluding carboxylic acids is 3. The number of ether oxygens (including phenoxy) is 1. The predicted molar refractivity (Wildman–Crippen MR) is 119 cm³/mol. The number of hydrogen-bond donors (Lipinski definition) is 2. The van der Waals surface area contributed by atoms with E-state index in [0.717, 1.165) is 6.20 Å². The van der Waals surface area contributed by atoms with Crippen molar-refractivity contribution in [2.75, 3.05) is 18.5 Å². The molecule has 0 fully saturated rings. The van der Waals surface area contributed by atoms with Gasteiger partial charge in [0.05, 0.1) is 18.5 Å². The number of carbonyl (C=O) groups is 3. The molecule has 1 aromatic carbocycles. The highest BCUT2D eigenvalue weighted by atomic mass is 32.1. The third-order valence-corrected chi connectivity index (χ3v) is 5.26. The van der Waals surface area contributed by atoms with Gasteiger partial charge in [0, 0.05) is 29.6 Å². The fourth-order valence-electron chi connectivity index (χ4n) is 3.03. The number of aromatic nitrogens is 2. The standard InChI is InChI=1S/C22H21F3N4O4S/c1-2-33-21(32)17-12-27-29(19(17)22(23,24)25)16-7-5-15(6-8-16)28-18(30)4-3-10-26-20(31)14-9-11-34-13-14/h5-9,11-13H,2-4,10H2,1H3,(H,26,31)(H,28,30). The molecule has 2 aromatic heterocycles. The minimum absolute atomic E-state index is 0.0528. The molecule has 0 atom stereocenters. The Kier molecular flexibility index (Phi) is 8.05. The van der Waals surface area contributed by atoms with Gasteiger partial charge in [0.25, 0.3) is 5.91 Å². The maximum absolute atomic E-state index is 13.6. The summed E-state index contributed by atoms with van der Waals surface area (Å²) in [5.41, 5.74) is -0.931. The van der Waals surface area contributed by atoms with Gasteiger partial charge in [-0.05, 0) is 49.1 Å². The summed E-state index contributed by atoms with van der Waals surface area (Å²) in [6.45, 7) is 1.74. The molecule has 8 nitrogen and oxygen atoms in total. The summed E-state index contributed by atoms with van der Waals surface area (Å²) >= 11 is 1.41. The first-order valence-corrected chi connectivity index (χ1v) is 11.2. The van der Waals surface area contributed by atoms with Crippen LogP contribution in [0, 0.1) is 0 Å². The van der Waals surface area contributed by atoms with Gasteiger partial charge in [0.2, 0.25) is 5.91 Å². The molecule has 3 rings (SSSR count). The van der Waals surface area contributed by atoms with Crippen LogP contribution in [0.25, 0.3) is 5.69 Å². The number of thiophene rings is 1. The number of nitrogens with one attached hydrogen (secondary N) is 2. The Hall–Kier alpha value is -3.67. The molecule has 0 bridgehead atoms. The average Bonchev–Trinajstić information content (AvgIpc) is 3.47. The van der Waals surface area contributed by atoms with E-state index in [1.807, 2.05) is 0 Å². The van der Waals surface area contributed by atoms with Gasteiger partial charge in [-0.1, -0.05) is 0 Å². The van der Waals surface area contributed by atoms with Crippen LogP contribution in [0.4, 0.5) is 18.9 Å². The highest BCUT2D eigenvalue weighted by molar-refractivity contribution is 7.08. The van der Waals surface area contributed by atoms with Crippen molar-refractivity contribution in [2.24, 2.45) is 0 Å². The summed E-state index contributed by atoms with van der Waals surface area (Å²) in [7, 11) is 0. The monoisotopic (exact) mass is 494 g/mol. The zero-order chi connectivity index (χ0) is 24.7. The van der Waals surface area contributed by atoms with Crippen molar-refractivity contribution >= 4 is 34.8 Å². The van der Waals surface area contributed by atoms with E-state index in [0.29, 0.717) is 28.9 Å². The molecular formula is C22H21F3N4O4S. The average molecular weight is 494 g/mol. The van der Waals surface area contributed by atoms with Gasteiger partial charge in [-0.25, -0.2) is 9.48 Å². The first kappa shape index (κ1) is 25.0. The number of benzene rings is 1. The molecule has 3 aromatic rings. The van der Waals surface area contributed by atoms with Crippen LogP contribution < -0.4 is 10.6 Å². The van der Waals surface area contributed by atoms with Crippen molar-refractivity contribution in [2.45, 2.75) is 25.9 Å². The van der Waals surface area contributed by atoms with Gasteiger partial charge in [-0.3, -0.25) is 9.59 Å². The predicted octanol–water partition coefficient (Wildman–Crippen LogP) is 4.28. The minimum atomic E-state index is -4.84. The summed E-state index contributed by atoms with van der Waals surface area (Å²) in [4.78, 5) is 35.9. The lowest BCUT2D eigenvalue weighted by atomic mass is 10.2. The molecule has 2 amide bonds. The number of amides is 2. The van der Waals surface area contributed by atoms with E-state index >= 15 is 0 Å². The largest absolute Gasteiger partial charge is 0.462 e. The highest BCUT2D eigenvalue weighted by Gasteiger charge is 2.41. The highest BCUT2D eigenvalue weighted by Crippen LogP contribution is 2.34. The number of nitrogens with zero attached hydrogens (tertiary/aromatic N) is 2. The molecular weight excluding hydrogens is 473 g/mol. The van der Waals surface area contributed by atoms with Gasteiger partial charge < -0.3 is 15.4 Å². The summed E-state index contributed by atoms with van der Waals surface area (Å²) in [5, 5.41) is 12.6. The lowest BCUT2D eigenvalue weighted by molar-refractivity contribution is -0.143. The van der Waals surface area contributed by atoms with Gasteiger partial charge in [0.1, 0.15) is 5.56 Å². The second kappa shape index (κ2) is 11.0. The third-order valence-electron chi connectivity index (χ3n) is 4.58. The van der Waals surface area contributed by atoms with Crippen LogP contribution in [0.3, 0.4) is 0 Å². The Balaban J connectivity index is 1.59. The van der Waals surface area contributed by atoms with E-state index < -0.39 is 23.4 Å². The molecule has 0 saturated heterocycles. The van der Waals surface area contributed by atoms with Crippen LogP contribution in [0.5, 0.6) is 0 Å². The lowest BCUT2D eigenvalue weighted by Gasteiger charge is -2.13. The Bertz CT molecular complexity index is 1140. The van der Waals surface area contributed by atoms with E-state index in [9.17, 15) is 27.6 Å². The van der Waals surface area contributed by atoms with Crippen LogP contribution in [0.2, 0.25) is 0 Å². The molecule has 0 aliphatic carbocycles. The first-order chi connectivity index (χ1) is 16.2. The number of esters is 1. The first-order valence-electron chi connectivity index (χ1n) is 10.2. The second-order valence-electron chi connectivity index (χ2n) is 7.00. The van der Waals surface area contributed by atoms with Crippen LogP contribution in [-0.2, 0) is 15.7 Å². The van der Waals surface area contributed by atoms with Crippen LogP contribution in [-0.4, -0.2) is 40.7 Å². The minimum Gasteiger partial charge on any atom is -0.462 e. The van der Waals surface area contributed by atoms with Crippen molar-refractivity contribution in [3.8, 4) is 5.69 Å². The molecule has 2 heterocycles. The molecule has 0 unspecified atom stereocenters.